The van der Waals surface area contributed by atoms with Gasteiger partial charge in [-0.05, 0) is 23.6 Å². The number of fused-ring (bicyclic) bond motifs is 1. The van der Waals surface area contributed by atoms with Crippen LogP contribution < -0.4 is 22.3 Å². The number of aromatic nitrogens is 3. The number of anilines is 1. The van der Waals surface area contributed by atoms with Crippen molar-refractivity contribution in [2.24, 2.45) is 14.1 Å². The molecule has 3 aromatic rings. The highest BCUT2D eigenvalue weighted by atomic mass is 16.3. The van der Waals surface area contributed by atoms with E-state index in [1.54, 1.807) is 12.1 Å². The number of pyridine rings is 1. The highest BCUT2D eigenvalue weighted by Crippen LogP contribution is 2.28. The lowest BCUT2D eigenvalue weighted by Gasteiger charge is -2.18. The fourth-order valence-electron chi connectivity index (χ4n) is 3.12. The minimum Gasteiger partial charge on any atom is -0.467 e. The molecule has 0 aromatic carbocycles. The first-order valence-corrected chi connectivity index (χ1v) is 8.43. The molecular formula is C18H21N5O4. The summed E-state index contributed by atoms with van der Waals surface area (Å²) in [4.78, 5) is 42.0. The number of nitrogen functional groups attached to an aromatic ring is 1. The topological polar surface area (TPSA) is 125 Å². The number of nitrogens with one attached hydrogen (secondary N) is 1. The first kappa shape index (κ1) is 18.4. The molecule has 3 heterocycles. The zero-order valence-corrected chi connectivity index (χ0v) is 15.6. The number of hydrogen-bond acceptors (Lipinski definition) is 6. The van der Waals surface area contributed by atoms with Crippen LogP contribution in [0.3, 0.4) is 0 Å². The van der Waals surface area contributed by atoms with E-state index in [1.165, 1.54) is 24.9 Å². The molecule has 9 nitrogen and oxygen atoms in total. The number of rotatable bonds is 4. The number of hydrogen-bond donors (Lipinski definition) is 2. The molecule has 0 aliphatic heterocycles. The van der Waals surface area contributed by atoms with Crippen molar-refractivity contribution in [3.8, 4) is 0 Å². The molecule has 9 heteroatoms. The number of furan rings is 1. The quantitative estimate of drug-likeness (QED) is 0.701. The van der Waals surface area contributed by atoms with Crippen molar-refractivity contribution >= 4 is 22.8 Å². The second-order valence-corrected chi connectivity index (χ2v) is 6.61. The summed E-state index contributed by atoms with van der Waals surface area (Å²) in [5, 5.41) is 2.95. The van der Waals surface area contributed by atoms with Gasteiger partial charge < -0.3 is 15.5 Å². The van der Waals surface area contributed by atoms with Gasteiger partial charge in [0.25, 0.3) is 11.5 Å². The Morgan fingerprint density at radius 2 is 2.00 bits per heavy atom. The third-order valence-corrected chi connectivity index (χ3v) is 4.46. The standard InChI is InChI=1S/C18H21N5O4/c1-9(2)11-12(16(24)20-8-10-6-5-7-27-10)14(19)21-15-13(11)17(25)23(4)18(26)22(15)3/h5-7,9H,8H2,1-4H3,(H2,19,21)(H,20,24). The summed E-state index contributed by atoms with van der Waals surface area (Å²) < 4.78 is 7.46. The third kappa shape index (κ3) is 3.01. The molecule has 0 radical (unpaired) electrons. The summed E-state index contributed by atoms with van der Waals surface area (Å²) in [5.41, 5.74) is 5.80. The predicted octanol–water partition coefficient (Wildman–Crippen LogP) is 0.861. The molecule has 0 spiro atoms. The molecule has 0 saturated heterocycles. The van der Waals surface area contributed by atoms with E-state index in [0.29, 0.717) is 11.3 Å². The fraction of sp³-hybridized carbons (Fsp3) is 0.333. The average molecular weight is 371 g/mol. The molecule has 0 aliphatic rings. The van der Waals surface area contributed by atoms with Gasteiger partial charge in [0.1, 0.15) is 11.6 Å². The van der Waals surface area contributed by atoms with Crippen molar-refractivity contribution < 1.29 is 9.21 Å². The number of carbonyl (C=O) groups is 1. The van der Waals surface area contributed by atoms with Gasteiger partial charge in [0, 0.05) is 14.1 Å². The van der Waals surface area contributed by atoms with Crippen molar-refractivity contribution in [3.63, 3.8) is 0 Å². The number of carbonyl (C=O) groups excluding carboxylic acids is 1. The molecule has 27 heavy (non-hydrogen) atoms. The van der Waals surface area contributed by atoms with Crippen molar-refractivity contribution in [1.29, 1.82) is 0 Å². The molecule has 1 amide bonds. The lowest BCUT2D eigenvalue weighted by Crippen LogP contribution is -2.38. The summed E-state index contributed by atoms with van der Waals surface area (Å²) in [6.45, 7) is 3.87. The van der Waals surface area contributed by atoms with Crippen LogP contribution in [-0.2, 0) is 20.6 Å². The van der Waals surface area contributed by atoms with Gasteiger partial charge in [-0.25, -0.2) is 9.78 Å². The molecule has 0 saturated carbocycles. The van der Waals surface area contributed by atoms with Gasteiger partial charge in [0.2, 0.25) is 0 Å². The Labute approximate surface area is 154 Å². The Hall–Kier alpha value is -3.36. The molecule has 0 unspecified atom stereocenters. The van der Waals surface area contributed by atoms with E-state index in [0.717, 1.165) is 4.57 Å². The minimum absolute atomic E-state index is 0.0357. The van der Waals surface area contributed by atoms with Gasteiger partial charge in [-0.15, -0.1) is 0 Å². The third-order valence-electron chi connectivity index (χ3n) is 4.46. The van der Waals surface area contributed by atoms with Gasteiger partial charge in [0.15, 0.2) is 5.65 Å². The maximum Gasteiger partial charge on any atom is 0.332 e. The molecule has 0 aliphatic carbocycles. The minimum atomic E-state index is -0.510. The fourth-order valence-corrected chi connectivity index (χ4v) is 3.12. The smallest absolute Gasteiger partial charge is 0.332 e. The van der Waals surface area contributed by atoms with E-state index in [4.69, 9.17) is 10.2 Å². The Morgan fingerprint density at radius 1 is 1.30 bits per heavy atom. The Balaban J connectivity index is 2.25. The highest BCUT2D eigenvalue weighted by Gasteiger charge is 2.25. The molecule has 142 valence electrons. The number of aryl methyl sites for hydroxylation is 1. The molecule has 0 fully saturated rings. The van der Waals surface area contributed by atoms with Crippen LogP contribution in [-0.4, -0.2) is 20.0 Å². The number of nitrogens with two attached hydrogens (primary N) is 1. The molecule has 0 atom stereocenters. The summed E-state index contributed by atoms with van der Waals surface area (Å²) in [5.74, 6) is -0.114. The van der Waals surface area contributed by atoms with Gasteiger partial charge in [-0.3, -0.25) is 18.7 Å². The SMILES string of the molecule is CC(C)c1c(C(=O)NCc2ccco2)c(N)nc2c1c(=O)n(C)c(=O)n2C. The van der Waals surface area contributed by atoms with Crippen molar-refractivity contribution in [2.75, 3.05) is 5.73 Å². The molecule has 3 N–H and O–H groups in total. The maximum absolute atomic E-state index is 12.8. The van der Waals surface area contributed by atoms with Gasteiger partial charge in [-0.1, -0.05) is 13.8 Å². The van der Waals surface area contributed by atoms with Crippen LogP contribution in [0.5, 0.6) is 0 Å². The van der Waals surface area contributed by atoms with Crippen LogP contribution in [0, 0.1) is 0 Å². The van der Waals surface area contributed by atoms with Crippen LogP contribution in [0.25, 0.3) is 11.0 Å². The lowest BCUT2D eigenvalue weighted by atomic mass is 9.94. The van der Waals surface area contributed by atoms with E-state index in [9.17, 15) is 14.4 Å². The van der Waals surface area contributed by atoms with Crippen LogP contribution in [0.4, 0.5) is 5.82 Å². The van der Waals surface area contributed by atoms with Crippen LogP contribution >= 0.6 is 0 Å². The van der Waals surface area contributed by atoms with Gasteiger partial charge in [-0.2, -0.15) is 0 Å². The second-order valence-electron chi connectivity index (χ2n) is 6.61. The monoisotopic (exact) mass is 371 g/mol. The van der Waals surface area contributed by atoms with E-state index >= 15 is 0 Å². The van der Waals surface area contributed by atoms with E-state index in [1.807, 2.05) is 13.8 Å². The summed E-state index contributed by atoms with van der Waals surface area (Å²) in [6, 6.07) is 3.45. The van der Waals surface area contributed by atoms with Gasteiger partial charge >= 0.3 is 5.69 Å². The van der Waals surface area contributed by atoms with E-state index in [2.05, 4.69) is 10.3 Å². The van der Waals surface area contributed by atoms with Crippen LogP contribution in [0.2, 0.25) is 0 Å². The first-order chi connectivity index (χ1) is 12.7. The highest BCUT2D eigenvalue weighted by molar-refractivity contribution is 6.04. The van der Waals surface area contributed by atoms with E-state index < -0.39 is 17.2 Å². The summed E-state index contributed by atoms with van der Waals surface area (Å²) in [7, 11) is 2.90. The number of amides is 1. The average Bonchev–Trinajstić information content (AvgIpc) is 3.15. The van der Waals surface area contributed by atoms with Crippen molar-refractivity contribution in [3.05, 3.63) is 56.1 Å². The molecule has 3 aromatic heterocycles. The molecule has 3 rings (SSSR count). The zero-order chi connectivity index (χ0) is 19.9. The summed E-state index contributed by atoms with van der Waals surface area (Å²) in [6.07, 6.45) is 1.51. The normalized spacial score (nSPS) is 11.3. The van der Waals surface area contributed by atoms with Crippen LogP contribution in [0.1, 0.15) is 41.4 Å². The summed E-state index contributed by atoms with van der Waals surface area (Å²) >= 11 is 0. The Morgan fingerprint density at radius 3 is 2.59 bits per heavy atom. The lowest BCUT2D eigenvalue weighted by molar-refractivity contribution is 0.0947. The maximum atomic E-state index is 12.8. The van der Waals surface area contributed by atoms with Crippen molar-refractivity contribution in [2.45, 2.75) is 26.3 Å². The number of nitrogens with zero attached hydrogens (tertiary/aromatic N) is 3. The molecule has 0 bridgehead atoms. The first-order valence-electron chi connectivity index (χ1n) is 8.43. The molecular weight excluding hydrogens is 350 g/mol. The predicted molar refractivity (Wildman–Crippen MR) is 101 cm³/mol. The van der Waals surface area contributed by atoms with Crippen molar-refractivity contribution in [1.82, 2.24) is 19.4 Å². The zero-order valence-electron chi connectivity index (χ0n) is 15.6. The second kappa shape index (κ2) is 6.75. The largest absolute Gasteiger partial charge is 0.467 e. The van der Waals surface area contributed by atoms with Gasteiger partial charge in [0.05, 0.1) is 23.8 Å². The van der Waals surface area contributed by atoms with E-state index in [-0.39, 0.29) is 34.9 Å². The Kier molecular flexibility index (Phi) is 4.61. The van der Waals surface area contributed by atoms with Crippen LogP contribution in [0.15, 0.2) is 32.4 Å². The Bertz CT molecular complexity index is 1140.